The fraction of sp³-hybridized carbons (Fsp3) is 0.167. The summed E-state index contributed by atoms with van der Waals surface area (Å²) >= 11 is 4.36. The summed E-state index contributed by atoms with van der Waals surface area (Å²) in [6.45, 7) is 4.15. The zero-order valence-corrected chi connectivity index (χ0v) is 9.23. The highest BCUT2D eigenvalue weighted by molar-refractivity contribution is 7.80. The number of aryl methyl sites for hydroxylation is 2. The van der Waals surface area contributed by atoms with Crippen LogP contribution >= 0.6 is 12.6 Å². The average Bonchev–Trinajstić information content (AvgIpc) is 2.10. The SMILES string of the molecule is Cc1cc(S)cc2ccc(N)c(C)c12. The molecule has 0 aliphatic carbocycles. The molecule has 0 fully saturated rings. The lowest BCUT2D eigenvalue weighted by molar-refractivity contribution is 1.39. The van der Waals surface area contributed by atoms with Gasteiger partial charge in [-0.05, 0) is 53.9 Å². The molecule has 0 aliphatic rings. The molecule has 0 bridgehead atoms. The molecule has 0 saturated heterocycles. The van der Waals surface area contributed by atoms with Crippen molar-refractivity contribution in [3.05, 3.63) is 35.4 Å². The first-order valence-electron chi connectivity index (χ1n) is 4.58. The van der Waals surface area contributed by atoms with Gasteiger partial charge in [-0.25, -0.2) is 0 Å². The van der Waals surface area contributed by atoms with Crippen LogP contribution < -0.4 is 5.73 Å². The number of hydrogen-bond donors (Lipinski definition) is 2. The Labute approximate surface area is 89.3 Å². The number of nitrogens with two attached hydrogens (primary N) is 1. The highest BCUT2D eigenvalue weighted by Gasteiger charge is 2.04. The smallest absolute Gasteiger partial charge is 0.0350 e. The summed E-state index contributed by atoms with van der Waals surface area (Å²) in [6, 6.07) is 8.13. The Hall–Kier alpha value is -1.15. The van der Waals surface area contributed by atoms with Crippen LogP contribution in [0.5, 0.6) is 0 Å². The average molecular weight is 203 g/mol. The summed E-state index contributed by atoms with van der Waals surface area (Å²) in [4.78, 5) is 0.999. The molecule has 0 heterocycles. The zero-order chi connectivity index (χ0) is 10.3. The Kier molecular flexibility index (Phi) is 2.16. The summed E-state index contributed by atoms with van der Waals surface area (Å²) in [5.74, 6) is 0. The normalized spacial score (nSPS) is 10.8. The minimum absolute atomic E-state index is 0.854. The second-order valence-electron chi connectivity index (χ2n) is 3.64. The van der Waals surface area contributed by atoms with Crippen molar-refractivity contribution in [3.8, 4) is 0 Å². The number of benzene rings is 2. The van der Waals surface area contributed by atoms with E-state index in [1.165, 1.54) is 16.3 Å². The lowest BCUT2D eigenvalue weighted by Crippen LogP contribution is -1.92. The van der Waals surface area contributed by atoms with Crippen LogP contribution in [0.25, 0.3) is 10.8 Å². The van der Waals surface area contributed by atoms with Gasteiger partial charge >= 0.3 is 0 Å². The molecule has 0 spiro atoms. The molecule has 0 amide bonds. The molecule has 0 aliphatic heterocycles. The predicted octanol–water partition coefficient (Wildman–Crippen LogP) is 3.33. The Morgan fingerprint density at radius 2 is 1.86 bits per heavy atom. The van der Waals surface area contributed by atoms with Crippen molar-refractivity contribution in [1.82, 2.24) is 0 Å². The molecule has 0 atom stereocenters. The molecule has 2 heteroatoms. The van der Waals surface area contributed by atoms with E-state index in [9.17, 15) is 0 Å². The fourth-order valence-electron chi connectivity index (χ4n) is 1.89. The Bertz CT molecular complexity index is 503. The Balaban J connectivity index is 2.95. The van der Waals surface area contributed by atoms with E-state index in [-0.39, 0.29) is 0 Å². The zero-order valence-electron chi connectivity index (χ0n) is 8.33. The molecule has 2 aromatic carbocycles. The van der Waals surface area contributed by atoms with Crippen molar-refractivity contribution in [2.24, 2.45) is 0 Å². The van der Waals surface area contributed by atoms with Crippen LogP contribution in [0, 0.1) is 13.8 Å². The standard InChI is InChI=1S/C12H13NS/c1-7-5-10(14)6-9-3-4-11(13)8(2)12(7)9/h3-6,14H,13H2,1-2H3. The van der Waals surface area contributed by atoms with Crippen LogP contribution in [-0.4, -0.2) is 0 Å². The van der Waals surface area contributed by atoms with Crippen molar-refractivity contribution in [3.63, 3.8) is 0 Å². The molecule has 2 aromatic rings. The van der Waals surface area contributed by atoms with Crippen molar-refractivity contribution in [2.45, 2.75) is 18.7 Å². The summed E-state index contributed by atoms with van der Waals surface area (Å²) in [7, 11) is 0. The van der Waals surface area contributed by atoms with E-state index in [0.29, 0.717) is 0 Å². The van der Waals surface area contributed by atoms with E-state index >= 15 is 0 Å². The van der Waals surface area contributed by atoms with E-state index in [0.717, 1.165) is 16.1 Å². The minimum atomic E-state index is 0.854. The number of hydrogen-bond acceptors (Lipinski definition) is 2. The quantitative estimate of drug-likeness (QED) is 0.498. The van der Waals surface area contributed by atoms with Crippen LogP contribution in [0.3, 0.4) is 0 Å². The summed E-state index contributed by atoms with van der Waals surface area (Å²) in [5, 5.41) is 2.46. The first-order valence-corrected chi connectivity index (χ1v) is 5.02. The van der Waals surface area contributed by atoms with Gasteiger partial charge in [0.1, 0.15) is 0 Å². The van der Waals surface area contributed by atoms with Gasteiger partial charge in [0.15, 0.2) is 0 Å². The largest absolute Gasteiger partial charge is 0.398 e. The molecule has 2 rings (SSSR count). The molecule has 0 aromatic heterocycles. The number of anilines is 1. The number of nitrogen functional groups attached to an aromatic ring is 1. The molecule has 72 valence electrons. The highest BCUT2D eigenvalue weighted by atomic mass is 32.1. The maximum absolute atomic E-state index is 5.87. The van der Waals surface area contributed by atoms with Gasteiger partial charge in [-0.1, -0.05) is 6.07 Å². The first kappa shape index (κ1) is 9.41. The molecule has 1 nitrogen and oxygen atoms in total. The second kappa shape index (κ2) is 3.21. The van der Waals surface area contributed by atoms with Gasteiger partial charge < -0.3 is 5.73 Å². The fourth-order valence-corrected chi connectivity index (χ4v) is 2.22. The van der Waals surface area contributed by atoms with Gasteiger partial charge in [0.05, 0.1) is 0 Å². The lowest BCUT2D eigenvalue weighted by atomic mass is 9.99. The monoisotopic (exact) mass is 203 g/mol. The number of fused-ring (bicyclic) bond motifs is 1. The van der Waals surface area contributed by atoms with Crippen molar-refractivity contribution < 1.29 is 0 Å². The molecule has 2 N–H and O–H groups in total. The Morgan fingerprint density at radius 1 is 1.14 bits per heavy atom. The van der Waals surface area contributed by atoms with Gasteiger partial charge in [-0.15, -0.1) is 12.6 Å². The second-order valence-corrected chi connectivity index (χ2v) is 4.16. The number of thiol groups is 1. The third-order valence-corrected chi connectivity index (χ3v) is 2.86. The third-order valence-electron chi connectivity index (χ3n) is 2.60. The van der Waals surface area contributed by atoms with Gasteiger partial charge in [0, 0.05) is 10.6 Å². The maximum atomic E-state index is 5.87. The van der Waals surface area contributed by atoms with Crippen LogP contribution in [0.1, 0.15) is 11.1 Å². The van der Waals surface area contributed by atoms with Crippen LogP contribution in [0.15, 0.2) is 29.2 Å². The molecule has 0 radical (unpaired) electrons. The minimum Gasteiger partial charge on any atom is -0.398 e. The summed E-state index contributed by atoms with van der Waals surface area (Å²) in [6.07, 6.45) is 0. The molecule has 0 unspecified atom stereocenters. The van der Waals surface area contributed by atoms with E-state index in [4.69, 9.17) is 5.73 Å². The van der Waals surface area contributed by atoms with Crippen molar-refractivity contribution in [1.29, 1.82) is 0 Å². The van der Waals surface area contributed by atoms with E-state index in [1.807, 2.05) is 12.1 Å². The molecule has 0 saturated carbocycles. The Morgan fingerprint density at radius 3 is 2.57 bits per heavy atom. The molecular formula is C12H13NS. The number of rotatable bonds is 0. The van der Waals surface area contributed by atoms with Gasteiger partial charge in [-0.2, -0.15) is 0 Å². The van der Waals surface area contributed by atoms with Crippen molar-refractivity contribution in [2.75, 3.05) is 5.73 Å². The van der Waals surface area contributed by atoms with Gasteiger partial charge in [0.2, 0.25) is 0 Å². The van der Waals surface area contributed by atoms with Crippen LogP contribution in [0.4, 0.5) is 5.69 Å². The van der Waals surface area contributed by atoms with Crippen LogP contribution in [0.2, 0.25) is 0 Å². The topological polar surface area (TPSA) is 26.0 Å². The summed E-state index contributed by atoms with van der Waals surface area (Å²) in [5.41, 5.74) is 9.12. The predicted molar refractivity (Wildman–Crippen MR) is 65.1 cm³/mol. The van der Waals surface area contributed by atoms with Crippen molar-refractivity contribution >= 4 is 29.1 Å². The maximum Gasteiger partial charge on any atom is 0.0350 e. The van der Waals surface area contributed by atoms with E-state index < -0.39 is 0 Å². The molecular weight excluding hydrogens is 190 g/mol. The van der Waals surface area contributed by atoms with E-state index in [2.05, 4.69) is 38.6 Å². The first-order chi connectivity index (χ1) is 6.59. The highest BCUT2D eigenvalue weighted by Crippen LogP contribution is 2.28. The third kappa shape index (κ3) is 1.36. The van der Waals surface area contributed by atoms with Gasteiger partial charge in [0.25, 0.3) is 0 Å². The molecule has 14 heavy (non-hydrogen) atoms. The lowest BCUT2D eigenvalue weighted by Gasteiger charge is -2.09. The van der Waals surface area contributed by atoms with Crippen LogP contribution in [-0.2, 0) is 0 Å². The summed E-state index contributed by atoms with van der Waals surface area (Å²) < 4.78 is 0. The van der Waals surface area contributed by atoms with Gasteiger partial charge in [-0.3, -0.25) is 0 Å². The van der Waals surface area contributed by atoms with E-state index in [1.54, 1.807) is 0 Å².